The van der Waals surface area contributed by atoms with E-state index in [1.54, 1.807) is 0 Å². The van der Waals surface area contributed by atoms with Gasteiger partial charge in [-0.3, -0.25) is 5.32 Å². The zero-order valence-electron chi connectivity index (χ0n) is 9.44. The Bertz CT molecular complexity index is 242. The van der Waals surface area contributed by atoms with E-state index in [9.17, 15) is 13.2 Å². The smallest absolute Gasteiger partial charge is 0.377 e. The molecule has 0 aromatic rings. The summed E-state index contributed by atoms with van der Waals surface area (Å²) in [4.78, 5) is 0. The summed E-state index contributed by atoms with van der Waals surface area (Å²) in [6.45, 7) is 1.69. The van der Waals surface area contributed by atoms with E-state index in [1.165, 1.54) is 0 Å². The van der Waals surface area contributed by atoms with Crippen LogP contribution in [0.15, 0.2) is 0 Å². The molecule has 0 aromatic carbocycles. The van der Waals surface area contributed by atoms with Crippen molar-refractivity contribution in [1.29, 1.82) is 0 Å². The standard InChI is InChI=1S/C11H18F3NO/c1-8-2-4-9(5-3-8)15-10(6-16-7-10)11(12,13)14/h8-9,15H,2-7H2,1H3. The molecule has 0 atom stereocenters. The molecule has 0 unspecified atom stereocenters. The van der Waals surface area contributed by atoms with Gasteiger partial charge in [0.1, 0.15) is 0 Å². The highest BCUT2D eigenvalue weighted by atomic mass is 19.4. The van der Waals surface area contributed by atoms with E-state index in [4.69, 9.17) is 4.74 Å². The first-order valence-corrected chi connectivity index (χ1v) is 5.85. The van der Waals surface area contributed by atoms with Gasteiger partial charge in [0.05, 0.1) is 13.2 Å². The Morgan fingerprint density at radius 2 is 1.69 bits per heavy atom. The second kappa shape index (κ2) is 4.18. The van der Waals surface area contributed by atoms with Crippen LogP contribution < -0.4 is 5.32 Å². The monoisotopic (exact) mass is 237 g/mol. The van der Waals surface area contributed by atoms with Crippen LogP contribution in [0.5, 0.6) is 0 Å². The molecule has 2 fully saturated rings. The number of nitrogens with one attached hydrogen (secondary N) is 1. The second-order valence-corrected chi connectivity index (χ2v) is 5.17. The van der Waals surface area contributed by atoms with E-state index < -0.39 is 11.7 Å². The third kappa shape index (κ3) is 2.20. The maximum atomic E-state index is 12.8. The van der Waals surface area contributed by atoms with Crippen molar-refractivity contribution in [2.75, 3.05) is 13.2 Å². The molecule has 1 aliphatic heterocycles. The molecule has 94 valence electrons. The zero-order valence-corrected chi connectivity index (χ0v) is 9.44. The number of halogens is 3. The molecule has 1 saturated heterocycles. The van der Waals surface area contributed by atoms with E-state index in [0.29, 0.717) is 5.92 Å². The van der Waals surface area contributed by atoms with Crippen molar-refractivity contribution in [3.63, 3.8) is 0 Å². The average molecular weight is 237 g/mol. The van der Waals surface area contributed by atoms with Gasteiger partial charge in [-0.2, -0.15) is 13.2 Å². The van der Waals surface area contributed by atoms with Gasteiger partial charge in [0, 0.05) is 6.04 Å². The van der Waals surface area contributed by atoms with Crippen molar-refractivity contribution < 1.29 is 17.9 Å². The van der Waals surface area contributed by atoms with Crippen molar-refractivity contribution in [2.45, 2.75) is 50.4 Å². The average Bonchev–Trinajstić information content (AvgIpc) is 2.12. The summed E-state index contributed by atoms with van der Waals surface area (Å²) in [5.41, 5.74) is -1.77. The minimum Gasteiger partial charge on any atom is -0.377 e. The van der Waals surface area contributed by atoms with Crippen LogP contribution in [0.25, 0.3) is 0 Å². The van der Waals surface area contributed by atoms with E-state index in [0.717, 1.165) is 25.7 Å². The van der Waals surface area contributed by atoms with Crippen molar-refractivity contribution in [1.82, 2.24) is 5.32 Å². The molecule has 1 heterocycles. The van der Waals surface area contributed by atoms with Gasteiger partial charge in [-0.25, -0.2) is 0 Å². The molecule has 5 heteroatoms. The van der Waals surface area contributed by atoms with E-state index in [-0.39, 0.29) is 19.3 Å². The summed E-state index contributed by atoms with van der Waals surface area (Å²) >= 11 is 0. The third-order valence-corrected chi connectivity index (χ3v) is 3.74. The molecule has 1 saturated carbocycles. The van der Waals surface area contributed by atoms with E-state index >= 15 is 0 Å². The summed E-state index contributed by atoms with van der Waals surface area (Å²) in [5.74, 6) is 0.650. The normalized spacial score (nSPS) is 34.5. The Balaban J connectivity index is 1.92. The molecule has 2 aliphatic rings. The Labute approximate surface area is 93.5 Å². The molecule has 0 spiro atoms. The maximum absolute atomic E-state index is 12.8. The lowest BCUT2D eigenvalue weighted by Gasteiger charge is -2.46. The summed E-state index contributed by atoms with van der Waals surface area (Å²) in [7, 11) is 0. The summed E-state index contributed by atoms with van der Waals surface area (Å²) < 4.78 is 43.3. The largest absolute Gasteiger partial charge is 0.411 e. The zero-order chi connectivity index (χ0) is 11.8. The van der Waals surface area contributed by atoms with Crippen molar-refractivity contribution in [3.8, 4) is 0 Å². The van der Waals surface area contributed by atoms with Gasteiger partial charge in [-0.15, -0.1) is 0 Å². The molecule has 2 rings (SSSR count). The van der Waals surface area contributed by atoms with Crippen LogP contribution in [0.4, 0.5) is 13.2 Å². The Morgan fingerprint density at radius 3 is 2.06 bits per heavy atom. The van der Waals surface area contributed by atoms with Crippen molar-refractivity contribution >= 4 is 0 Å². The topological polar surface area (TPSA) is 21.3 Å². The lowest BCUT2D eigenvalue weighted by Crippen LogP contribution is -2.71. The van der Waals surface area contributed by atoms with Crippen LogP contribution >= 0.6 is 0 Å². The first-order valence-electron chi connectivity index (χ1n) is 5.85. The molecule has 2 nitrogen and oxygen atoms in total. The highest BCUT2D eigenvalue weighted by Crippen LogP contribution is 2.38. The van der Waals surface area contributed by atoms with Crippen molar-refractivity contribution in [2.24, 2.45) is 5.92 Å². The van der Waals surface area contributed by atoms with E-state index in [1.807, 2.05) is 0 Å². The van der Waals surface area contributed by atoms with Crippen molar-refractivity contribution in [3.05, 3.63) is 0 Å². The van der Waals surface area contributed by atoms with Crippen LogP contribution in [0.3, 0.4) is 0 Å². The summed E-state index contributed by atoms with van der Waals surface area (Å²) in [6.07, 6.45) is -0.467. The Kier molecular flexibility index (Phi) is 3.18. The van der Waals surface area contributed by atoms with Gasteiger partial charge in [0.25, 0.3) is 0 Å². The fourth-order valence-electron chi connectivity index (χ4n) is 2.43. The quantitative estimate of drug-likeness (QED) is 0.796. The van der Waals surface area contributed by atoms with Gasteiger partial charge < -0.3 is 4.74 Å². The highest BCUT2D eigenvalue weighted by Gasteiger charge is 2.60. The van der Waals surface area contributed by atoms with Crippen LogP contribution in [-0.2, 0) is 4.74 Å². The summed E-state index contributed by atoms with van der Waals surface area (Å²) in [6, 6.07) is 0.00160. The van der Waals surface area contributed by atoms with Crippen LogP contribution in [0.2, 0.25) is 0 Å². The Hall–Kier alpha value is -0.290. The van der Waals surface area contributed by atoms with Gasteiger partial charge in [-0.05, 0) is 31.6 Å². The molecule has 0 amide bonds. The molecular weight excluding hydrogens is 219 g/mol. The predicted octanol–water partition coefficient (Wildman–Crippen LogP) is 2.49. The molecule has 0 aromatic heterocycles. The lowest BCUT2D eigenvalue weighted by atomic mass is 9.85. The SMILES string of the molecule is CC1CCC(NC2(C(F)(F)F)COC2)CC1. The predicted molar refractivity (Wildman–Crippen MR) is 54.2 cm³/mol. The minimum absolute atomic E-state index is 0.00160. The number of alkyl halides is 3. The van der Waals surface area contributed by atoms with Gasteiger partial charge in [0.2, 0.25) is 0 Å². The maximum Gasteiger partial charge on any atom is 0.411 e. The molecule has 1 N–H and O–H groups in total. The number of ether oxygens (including phenoxy) is 1. The lowest BCUT2D eigenvalue weighted by molar-refractivity contribution is -0.270. The third-order valence-electron chi connectivity index (χ3n) is 3.74. The molecule has 0 radical (unpaired) electrons. The Morgan fingerprint density at radius 1 is 1.12 bits per heavy atom. The van der Waals surface area contributed by atoms with Gasteiger partial charge in [-0.1, -0.05) is 6.92 Å². The second-order valence-electron chi connectivity index (χ2n) is 5.17. The van der Waals surface area contributed by atoms with Gasteiger partial charge in [0.15, 0.2) is 5.54 Å². The highest BCUT2D eigenvalue weighted by molar-refractivity contribution is 5.03. The minimum atomic E-state index is -4.20. The van der Waals surface area contributed by atoms with Crippen LogP contribution in [0, 0.1) is 5.92 Å². The molecule has 1 aliphatic carbocycles. The summed E-state index contributed by atoms with van der Waals surface area (Å²) in [5, 5.41) is 2.78. The number of hydrogen-bond donors (Lipinski definition) is 1. The molecular formula is C11H18F3NO. The first-order chi connectivity index (χ1) is 7.43. The first kappa shape index (κ1) is 12.2. The number of rotatable bonds is 2. The van der Waals surface area contributed by atoms with E-state index in [2.05, 4.69) is 12.2 Å². The number of hydrogen-bond acceptors (Lipinski definition) is 2. The van der Waals surface area contributed by atoms with Gasteiger partial charge >= 0.3 is 6.18 Å². The fourth-order valence-corrected chi connectivity index (χ4v) is 2.43. The van der Waals surface area contributed by atoms with Crippen LogP contribution in [0.1, 0.15) is 32.6 Å². The molecule has 0 bridgehead atoms. The fraction of sp³-hybridized carbons (Fsp3) is 1.00. The van der Waals surface area contributed by atoms with Crippen LogP contribution in [-0.4, -0.2) is 31.0 Å². The molecule has 16 heavy (non-hydrogen) atoms.